The highest BCUT2D eigenvalue weighted by molar-refractivity contribution is 5.15. The van der Waals surface area contributed by atoms with Crippen LogP contribution in [0.4, 0.5) is 0 Å². The Kier molecular flexibility index (Phi) is 4.20. The third-order valence-corrected chi connectivity index (χ3v) is 2.83. The topological polar surface area (TPSA) is 39.9 Å². The van der Waals surface area contributed by atoms with E-state index in [2.05, 4.69) is 35.3 Å². The highest BCUT2D eigenvalue weighted by atomic mass is 16.5. The summed E-state index contributed by atoms with van der Waals surface area (Å²) in [6.45, 7) is 8.15. The summed E-state index contributed by atoms with van der Waals surface area (Å²) in [5, 5.41) is 0. The fraction of sp³-hybridized carbons (Fsp3) is 0.467. The van der Waals surface area contributed by atoms with E-state index in [4.69, 9.17) is 4.74 Å². The van der Waals surface area contributed by atoms with Crippen LogP contribution in [0.1, 0.15) is 33.0 Å². The predicted molar refractivity (Wildman–Crippen MR) is 75.3 cm³/mol. The summed E-state index contributed by atoms with van der Waals surface area (Å²) < 4.78 is 7.83. The van der Waals surface area contributed by atoms with E-state index in [0.29, 0.717) is 6.61 Å². The maximum atomic E-state index is 5.63. The van der Waals surface area contributed by atoms with Gasteiger partial charge in [0.05, 0.1) is 12.8 Å². The van der Waals surface area contributed by atoms with Crippen LogP contribution in [0.2, 0.25) is 0 Å². The molecule has 0 aliphatic rings. The van der Waals surface area contributed by atoms with E-state index >= 15 is 0 Å². The first-order chi connectivity index (χ1) is 9.07. The van der Waals surface area contributed by atoms with Crippen molar-refractivity contribution in [2.75, 3.05) is 6.61 Å². The third kappa shape index (κ3) is 3.81. The number of hydrogen-bond donors (Lipinski definition) is 0. The minimum absolute atomic E-state index is 0.0771. The van der Waals surface area contributed by atoms with Crippen molar-refractivity contribution in [2.24, 2.45) is 0 Å². The lowest BCUT2D eigenvalue weighted by Gasteiger charge is -2.19. The second kappa shape index (κ2) is 5.87. The van der Waals surface area contributed by atoms with Crippen LogP contribution in [0.25, 0.3) is 0 Å². The lowest BCUT2D eigenvalue weighted by atomic mass is 9.95. The second-order valence-electron chi connectivity index (χ2n) is 5.58. The molecule has 0 saturated carbocycles. The molecule has 4 nitrogen and oxygen atoms in total. The average molecular weight is 259 g/mol. The Hall–Kier alpha value is -1.84. The summed E-state index contributed by atoms with van der Waals surface area (Å²) in [5.74, 6) is 1.94. The number of aromatic nitrogens is 3. The van der Waals surface area contributed by atoms with Crippen LogP contribution >= 0.6 is 0 Å². The van der Waals surface area contributed by atoms with Crippen molar-refractivity contribution in [3.05, 3.63) is 42.7 Å². The van der Waals surface area contributed by atoms with Gasteiger partial charge in [-0.05, 0) is 18.6 Å². The second-order valence-corrected chi connectivity index (χ2v) is 5.58. The monoisotopic (exact) mass is 259 g/mol. The number of imidazole rings is 1. The quantitative estimate of drug-likeness (QED) is 0.775. The van der Waals surface area contributed by atoms with Gasteiger partial charge < -0.3 is 9.30 Å². The van der Waals surface area contributed by atoms with E-state index < -0.39 is 0 Å². The van der Waals surface area contributed by atoms with Crippen molar-refractivity contribution in [1.82, 2.24) is 14.5 Å². The molecule has 0 amide bonds. The first kappa shape index (κ1) is 13.6. The Morgan fingerprint density at radius 2 is 2.11 bits per heavy atom. The Bertz CT molecular complexity index is 500. The molecule has 0 spiro atoms. The van der Waals surface area contributed by atoms with Crippen LogP contribution in [0.3, 0.4) is 0 Å². The molecule has 0 radical (unpaired) electrons. The summed E-state index contributed by atoms with van der Waals surface area (Å²) in [6, 6.07) is 3.80. The first-order valence-electron chi connectivity index (χ1n) is 6.62. The van der Waals surface area contributed by atoms with Crippen molar-refractivity contribution in [2.45, 2.75) is 39.2 Å². The van der Waals surface area contributed by atoms with Gasteiger partial charge >= 0.3 is 0 Å². The summed E-state index contributed by atoms with van der Waals surface area (Å²) in [5.41, 5.74) is 0.0771. The van der Waals surface area contributed by atoms with Crippen molar-refractivity contribution in [1.29, 1.82) is 0 Å². The Morgan fingerprint density at radius 1 is 1.26 bits per heavy atom. The number of hydrogen-bond acceptors (Lipinski definition) is 3. The largest absolute Gasteiger partial charge is 0.492 e. The van der Waals surface area contributed by atoms with Gasteiger partial charge in [-0.1, -0.05) is 20.8 Å². The number of nitrogens with zero attached hydrogens (tertiary/aromatic N) is 3. The first-order valence-corrected chi connectivity index (χ1v) is 6.62. The lowest BCUT2D eigenvalue weighted by Crippen LogP contribution is -2.19. The van der Waals surface area contributed by atoms with Crippen LogP contribution in [0, 0.1) is 0 Å². The van der Waals surface area contributed by atoms with Gasteiger partial charge in [-0.15, -0.1) is 0 Å². The molecule has 2 aromatic rings. The SMILES string of the molecule is CC(C)(C)c1nccn1CCCOc1cccnc1. The zero-order chi connectivity index (χ0) is 13.7. The summed E-state index contributed by atoms with van der Waals surface area (Å²) in [4.78, 5) is 8.46. The van der Waals surface area contributed by atoms with E-state index in [9.17, 15) is 0 Å². The molecule has 0 fully saturated rings. The molecule has 2 rings (SSSR count). The van der Waals surface area contributed by atoms with Crippen LogP contribution in [0.15, 0.2) is 36.9 Å². The van der Waals surface area contributed by atoms with Gasteiger partial charge in [0, 0.05) is 30.6 Å². The zero-order valence-corrected chi connectivity index (χ0v) is 11.8. The number of aryl methyl sites for hydroxylation is 1. The van der Waals surface area contributed by atoms with Gasteiger partial charge in [0.2, 0.25) is 0 Å². The minimum atomic E-state index is 0.0771. The number of rotatable bonds is 5. The highest BCUT2D eigenvalue weighted by Gasteiger charge is 2.19. The number of pyridine rings is 1. The molecule has 19 heavy (non-hydrogen) atoms. The average Bonchev–Trinajstić information content (AvgIpc) is 2.84. The summed E-state index contributed by atoms with van der Waals surface area (Å²) in [6.07, 6.45) is 8.33. The van der Waals surface area contributed by atoms with Gasteiger partial charge in [-0.2, -0.15) is 0 Å². The summed E-state index contributed by atoms with van der Waals surface area (Å²) >= 11 is 0. The van der Waals surface area contributed by atoms with Crippen molar-refractivity contribution in [3.63, 3.8) is 0 Å². The van der Waals surface area contributed by atoms with E-state index in [0.717, 1.165) is 24.5 Å². The van der Waals surface area contributed by atoms with E-state index in [1.165, 1.54) is 0 Å². The highest BCUT2D eigenvalue weighted by Crippen LogP contribution is 2.20. The Labute approximate surface area is 114 Å². The Balaban J connectivity index is 1.82. The molecule has 0 unspecified atom stereocenters. The molecule has 0 N–H and O–H groups in total. The smallest absolute Gasteiger partial charge is 0.137 e. The molecule has 0 aromatic carbocycles. The van der Waals surface area contributed by atoms with E-state index in [1.807, 2.05) is 24.5 Å². The summed E-state index contributed by atoms with van der Waals surface area (Å²) in [7, 11) is 0. The molecule has 0 saturated heterocycles. The van der Waals surface area contributed by atoms with E-state index in [-0.39, 0.29) is 5.41 Å². The van der Waals surface area contributed by atoms with Gasteiger partial charge in [-0.25, -0.2) is 4.98 Å². The molecule has 102 valence electrons. The fourth-order valence-corrected chi connectivity index (χ4v) is 1.99. The van der Waals surface area contributed by atoms with Crippen molar-refractivity contribution in [3.8, 4) is 5.75 Å². The third-order valence-electron chi connectivity index (χ3n) is 2.83. The molecule has 0 aliphatic heterocycles. The predicted octanol–water partition coefficient (Wildman–Crippen LogP) is 3.04. The molecule has 0 aliphatic carbocycles. The molecule has 2 aromatic heterocycles. The molecular weight excluding hydrogens is 238 g/mol. The molecule has 2 heterocycles. The fourth-order valence-electron chi connectivity index (χ4n) is 1.99. The van der Waals surface area contributed by atoms with Crippen molar-refractivity contribution >= 4 is 0 Å². The van der Waals surface area contributed by atoms with Gasteiger partial charge in [0.15, 0.2) is 0 Å². The number of ether oxygens (including phenoxy) is 1. The Morgan fingerprint density at radius 3 is 2.79 bits per heavy atom. The molecule has 0 bridgehead atoms. The van der Waals surface area contributed by atoms with Crippen LogP contribution < -0.4 is 4.74 Å². The maximum Gasteiger partial charge on any atom is 0.137 e. The van der Waals surface area contributed by atoms with Crippen LogP contribution in [-0.4, -0.2) is 21.1 Å². The zero-order valence-electron chi connectivity index (χ0n) is 11.8. The van der Waals surface area contributed by atoms with Crippen molar-refractivity contribution < 1.29 is 4.74 Å². The maximum absolute atomic E-state index is 5.63. The van der Waals surface area contributed by atoms with Gasteiger partial charge in [0.1, 0.15) is 11.6 Å². The standard InChI is InChI=1S/C15H21N3O/c1-15(2,3)14-17-8-10-18(14)9-5-11-19-13-6-4-7-16-12-13/h4,6-8,10,12H,5,9,11H2,1-3H3. The van der Waals surface area contributed by atoms with Crippen LogP contribution in [0.5, 0.6) is 5.75 Å². The van der Waals surface area contributed by atoms with Crippen LogP contribution in [-0.2, 0) is 12.0 Å². The normalized spacial score (nSPS) is 11.5. The molecular formula is C15H21N3O. The molecule has 4 heteroatoms. The van der Waals surface area contributed by atoms with Gasteiger partial charge in [-0.3, -0.25) is 4.98 Å². The minimum Gasteiger partial charge on any atom is -0.492 e. The lowest BCUT2D eigenvalue weighted by molar-refractivity contribution is 0.298. The van der Waals surface area contributed by atoms with Gasteiger partial charge in [0.25, 0.3) is 0 Å². The molecule has 0 atom stereocenters. The van der Waals surface area contributed by atoms with E-state index in [1.54, 1.807) is 12.4 Å².